The minimum Gasteiger partial charge on any atom is -0.372 e. The van der Waals surface area contributed by atoms with Crippen molar-refractivity contribution in [3.63, 3.8) is 0 Å². The molecule has 0 unspecified atom stereocenters. The van der Waals surface area contributed by atoms with Gasteiger partial charge >= 0.3 is 0 Å². The molecule has 3 aromatic rings. The second-order valence-electron chi connectivity index (χ2n) is 6.59. The zero-order valence-corrected chi connectivity index (χ0v) is 16.6. The SMILES string of the molecule is CCN(CC)c1ccc(NC(=O)c2ccnc(Nc3ccc(C)cc3)c2)cc1. The number of carbonyl (C=O) groups excluding carboxylic acids is 1. The standard InChI is InChI=1S/C23H26N4O/c1-4-27(5-2)21-12-10-20(11-13-21)26-23(28)18-14-15-24-22(16-18)25-19-8-6-17(3)7-9-19/h6-16H,4-5H2,1-3H3,(H,24,25)(H,26,28). The van der Waals surface area contributed by atoms with Crippen molar-refractivity contribution >= 4 is 28.8 Å². The molecule has 0 bridgehead atoms. The van der Waals surface area contributed by atoms with Gasteiger partial charge in [-0.2, -0.15) is 0 Å². The smallest absolute Gasteiger partial charge is 0.255 e. The van der Waals surface area contributed by atoms with Crippen LogP contribution in [0.2, 0.25) is 0 Å². The summed E-state index contributed by atoms with van der Waals surface area (Å²) in [6.45, 7) is 8.21. The number of nitrogens with one attached hydrogen (secondary N) is 2. The van der Waals surface area contributed by atoms with Gasteiger partial charge in [-0.3, -0.25) is 4.79 Å². The van der Waals surface area contributed by atoms with Crippen molar-refractivity contribution in [3.05, 3.63) is 78.0 Å². The Morgan fingerprint density at radius 1 is 0.929 bits per heavy atom. The minimum atomic E-state index is -0.162. The van der Waals surface area contributed by atoms with E-state index < -0.39 is 0 Å². The van der Waals surface area contributed by atoms with Gasteiger partial charge in [0.2, 0.25) is 0 Å². The van der Waals surface area contributed by atoms with Crippen molar-refractivity contribution in [2.75, 3.05) is 28.6 Å². The first-order valence-electron chi connectivity index (χ1n) is 9.55. The summed E-state index contributed by atoms with van der Waals surface area (Å²) < 4.78 is 0. The molecule has 28 heavy (non-hydrogen) atoms. The van der Waals surface area contributed by atoms with E-state index in [0.717, 1.165) is 30.2 Å². The Morgan fingerprint density at radius 3 is 2.21 bits per heavy atom. The maximum absolute atomic E-state index is 12.6. The van der Waals surface area contributed by atoms with Crippen LogP contribution in [0.3, 0.4) is 0 Å². The molecule has 0 radical (unpaired) electrons. The second-order valence-corrected chi connectivity index (χ2v) is 6.59. The van der Waals surface area contributed by atoms with Crippen molar-refractivity contribution in [1.82, 2.24) is 4.98 Å². The van der Waals surface area contributed by atoms with Gasteiger partial charge in [0.05, 0.1) is 0 Å². The average molecular weight is 374 g/mol. The second kappa shape index (κ2) is 9.04. The number of anilines is 4. The Hall–Kier alpha value is -3.34. The highest BCUT2D eigenvalue weighted by molar-refractivity contribution is 6.04. The molecule has 5 heteroatoms. The zero-order chi connectivity index (χ0) is 19.9. The fourth-order valence-electron chi connectivity index (χ4n) is 2.97. The predicted octanol–water partition coefficient (Wildman–Crippen LogP) is 5.23. The van der Waals surface area contributed by atoms with E-state index in [4.69, 9.17) is 0 Å². The molecule has 144 valence electrons. The van der Waals surface area contributed by atoms with E-state index in [1.807, 2.05) is 55.5 Å². The van der Waals surface area contributed by atoms with Gasteiger partial charge in [0.15, 0.2) is 0 Å². The van der Waals surface area contributed by atoms with Crippen LogP contribution < -0.4 is 15.5 Å². The van der Waals surface area contributed by atoms with E-state index in [1.54, 1.807) is 18.3 Å². The summed E-state index contributed by atoms with van der Waals surface area (Å²) in [5.41, 5.74) is 4.60. The van der Waals surface area contributed by atoms with Gasteiger partial charge in [-0.25, -0.2) is 4.98 Å². The fourth-order valence-corrected chi connectivity index (χ4v) is 2.97. The molecule has 0 spiro atoms. The highest BCUT2D eigenvalue weighted by Gasteiger charge is 2.09. The Labute approximate surface area is 166 Å². The first kappa shape index (κ1) is 19.4. The van der Waals surface area contributed by atoms with Gasteiger partial charge in [-0.1, -0.05) is 17.7 Å². The highest BCUT2D eigenvalue weighted by Crippen LogP contribution is 2.20. The third-order valence-electron chi connectivity index (χ3n) is 4.60. The molecule has 0 aliphatic carbocycles. The van der Waals surface area contributed by atoms with E-state index in [9.17, 15) is 4.79 Å². The molecule has 0 saturated carbocycles. The molecule has 0 fully saturated rings. The van der Waals surface area contributed by atoms with Crippen LogP contribution >= 0.6 is 0 Å². The highest BCUT2D eigenvalue weighted by atomic mass is 16.1. The van der Waals surface area contributed by atoms with E-state index in [-0.39, 0.29) is 5.91 Å². The van der Waals surface area contributed by atoms with E-state index in [1.165, 1.54) is 5.56 Å². The normalized spacial score (nSPS) is 10.4. The molecule has 0 saturated heterocycles. The summed E-state index contributed by atoms with van der Waals surface area (Å²) in [4.78, 5) is 19.2. The maximum atomic E-state index is 12.6. The van der Waals surface area contributed by atoms with Crippen LogP contribution in [0.15, 0.2) is 66.9 Å². The van der Waals surface area contributed by atoms with Gasteiger partial charge < -0.3 is 15.5 Å². The largest absolute Gasteiger partial charge is 0.372 e. The molecule has 5 nitrogen and oxygen atoms in total. The Kier molecular flexibility index (Phi) is 6.27. The molecule has 1 heterocycles. The van der Waals surface area contributed by atoms with Gasteiger partial charge in [0, 0.05) is 41.9 Å². The van der Waals surface area contributed by atoms with Crippen LogP contribution in [0.4, 0.5) is 22.9 Å². The third kappa shape index (κ3) is 4.88. The van der Waals surface area contributed by atoms with Gasteiger partial charge in [-0.05, 0) is 69.3 Å². The number of hydrogen-bond acceptors (Lipinski definition) is 4. The summed E-state index contributed by atoms with van der Waals surface area (Å²) in [5, 5.41) is 6.17. The minimum absolute atomic E-state index is 0.162. The lowest BCUT2D eigenvalue weighted by Crippen LogP contribution is -2.21. The molecular formula is C23H26N4O. The summed E-state index contributed by atoms with van der Waals surface area (Å²) in [7, 11) is 0. The zero-order valence-electron chi connectivity index (χ0n) is 16.6. The number of pyridine rings is 1. The van der Waals surface area contributed by atoms with Crippen LogP contribution in [0.25, 0.3) is 0 Å². The number of nitrogens with zero attached hydrogens (tertiary/aromatic N) is 2. The summed E-state index contributed by atoms with van der Waals surface area (Å²) in [5.74, 6) is 0.471. The number of benzene rings is 2. The van der Waals surface area contributed by atoms with Crippen LogP contribution in [0.1, 0.15) is 29.8 Å². The third-order valence-corrected chi connectivity index (χ3v) is 4.60. The molecule has 1 aromatic heterocycles. The summed E-state index contributed by atoms with van der Waals surface area (Å²) in [6.07, 6.45) is 1.63. The van der Waals surface area contributed by atoms with Crippen LogP contribution in [-0.2, 0) is 0 Å². The van der Waals surface area contributed by atoms with Crippen molar-refractivity contribution in [2.45, 2.75) is 20.8 Å². The van der Waals surface area contributed by atoms with E-state index >= 15 is 0 Å². The molecule has 0 atom stereocenters. The lowest BCUT2D eigenvalue weighted by atomic mass is 10.2. The predicted molar refractivity (Wildman–Crippen MR) is 117 cm³/mol. The summed E-state index contributed by atoms with van der Waals surface area (Å²) in [6, 6.07) is 19.4. The Morgan fingerprint density at radius 2 is 1.57 bits per heavy atom. The van der Waals surface area contributed by atoms with E-state index in [2.05, 4.69) is 34.4 Å². The number of amides is 1. The molecule has 2 aromatic carbocycles. The molecule has 0 aliphatic heterocycles. The number of aryl methyl sites for hydroxylation is 1. The van der Waals surface area contributed by atoms with Crippen molar-refractivity contribution in [3.8, 4) is 0 Å². The lowest BCUT2D eigenvalue weighted by molar-refractivity contribution is 0.102. The fraction of sp³-hybridized carbons (Fsp3) is 0.217. The maximum Gasteiger partial charge on any atom is 0.255 e. The molecule has 3 rings (SSSR count). The molecule has 1 amide bonds. The van der Waals surface area contributed by atoms with Crippen LogP contribution in [0, 0.1) is 6.92 Å². The lowest BCUT2D eigenvalue weighted by Gasteiger charge is -2.21. The Balaban J connectivity index is 1.68. The topological polar surface area (TPSA) is 57.3 Å². The van der Waals surface area contributed by atoms with Crippen LogP contribution in [0.5, 0.6) is 0 Å². The number of aromatic nitrogens is 1. The van der Waals surface area contributed by atoms with Crippen molar-refractivity contribution in [2.24, 2.45) is 0 Å². The Bertz CT molecular complexity index is 916. The molecular weight excluding hydrogens is 348 g/mol. The van der Waals surface area contributed by atoms with Gasteiger partial charge in [0.1, 0.15) is 5.82 Å². The van der Waals surface area contributed by atoms with Gasteiger partial charge in [0.25, 0.3) is 5.91 Å². The van der Waals surface area contributed by atoms with Crippen LogP contribution in [-0.4, -0.2) is 24.0 Å². The summed E-state index contributed by atoms with van der Waals surface area (Å²) >= 11 is 0. The van der Waals surface area contributed by atoms with Gasteiger partial charge in [-0.15, -0.1) is 0 Å². The quantitative estimate of drug-likeness (QED) is 0.594. The molecule has 2 N–H and O–H groups in total. The monoisotopic (exact) mass is 374 g/mol. The van der Waals surface area contributed by atoms with Crippen molar-refractivity contribution in [1.29, 1.82) is 0 Å². The molecule has 0 aliphatic rings. The number of carbonyl (C=O) groups is 1. The van der Waals surface area contributed by atoms with E-state index in [0.29, 0.717) is 11.4 Å². The number of rotatable bonds is 7. The first-order chi connectivity index (χ1) is 13.6. The van der Waals surface area contributed by atoms with Crippen molar-refractivity contribution < 1.29 is 4.79 Å². The average Bonchev–Trinajstić information content (AvgIpc) is 2.72. The number of hydrogen-bond donors (Lipinski definition) is 2. The first-order valence-corrected chi connectivity index (χ1v) is 9.55.